The van der Waals surface area contributed by atoms with Crippen LogP contribution < -0.4 is 10.4 Å². The second-order valence-electron chi connectivity index (χ2n) is 6.43. The Morgan fingerprint density at radius 1 is 1.15 bits per heavy atom. The molecule has 2 aromatic carbocycles. The van der Waals surface area contributed by atoms with E-state index in [9.17, 15) is 19.7 Å². The maximum atomic E-state index is 11.8. The molecule has 0 fully saturated rings. The first-order chi connectivity index (χ1) is 12.8. The van der Waals surface area contributed by atoms with Crippen molar-refractivity contribution < 1.29 is 18.9 Å². The summed E-state index contributed by atoms with van der Waals surface area (Å²) in [5.74, 6) is 0.124. The van der Waals surface area contributed by atoms with E-state index in [1.165, 1.54) is 37.3 Å². The van der Waals surface area contributed by atoms with Crippen LogP contribution in [0.4, 0.5) is 5.69 Å². The molecule has 3 aromatic rings. The van der Waals surface area contributed by atoms with E-state index in [4.69, 9.17) is 9.15 Å². The standard InChI is InChI=1S/C20H17NO6/c1-11(2)16-10-20(23)27-19-9-14(5-6-15(16)19)26-18-7-4-13(12(3)22)8-17(18)21(24)25/h4-11H,1-3H3. The van der Waals surface area contributed by atoms with E-state index in [0.717, 1.165) is 10.9 Å². The second kappa shape index (κ2) is 7.03. The molecule has 0 unspecified atom stereocenters. The molecule has 138 valence electrons. The lowest BCUT2D eigenvalue weighted by molar-refractivity contribution is -0.385. The van der Waals surface area contributed by atoms with Gasteiger partial charge in [0.05, 0.1) is 4.92 Å². The Bertz CT molecular complexity index is 1110. The monoisotopic (exact) mass is 367 g/mol. The van der Waals surface area contributed by atoms with Crippen LogP contribution in [0.3, 0.4) is 0 Å². The van der Waals surface area contributed by atoms with Gasteiger partial charge in [0.1, 0.15) is 11.3 Å². The molecule has 0 saturated carbocycles. The van der Waals surface area contributed by atoms with Crippen LogP contribution in [0.25, 0.3) is 11.0 Å². The van der Waals surface area contributed by atoms with Crippen molar-refractivity contribution in [3.05, 3.63) is 74.1 Å². The maximum absolute atomic E-state index is 11.8. The van der Waals surface area contributed by atoms with Gasteiger partial charge in [-0.3, -0.25) is 14.9 Å². The van der Waals surface area contributed by atoms with E-state index < -0.39 is 10.5 Å². The third-order valence-corrected chi connectivity index (χ3v) is 4.16. The maximum Gasteiger partial charge on any atom is 0.336 e. The molecule has 0 radical (unpaired) electrons. The van der Waals surface area contributed by atoms with Crippen molar-refractivity contribution in [2.24, 2.45) is 0 Å². The van der Waals surface area contributed by atoms with E-state index in [-0.39, 0.29) is 34.5 Å². The average Bonchev–Trinajstić information content (AvgIpc) is 2.60. The summed E-state index contributed by atoms with van der Waals surface area (Å²) in [5, 5.41) is 12.1. The molecule has 0 N–H and O–H groups in total. The number of hydrogen-bond donors (Lipinski definition) is 0. The molecule has 1 aromatic heterocycles. The van der Waals surface area contributed by atoms with Crippen LogP contribution in [-0.4, -0.2) is 10.7 Å². The SMILES string of the molecule is CC(=O)c1ccc(Oc2ccc3c(C(C)C)cc(=O)oc3c2)c([N+](=O)[O-])c1. The molecule has 0 saturated heterocycles. The fourth-order valence-corrected chi connectivity index (χ4v) is 2.80. The first-order valence-electron chi connectivity index (χ1n) is 8.31. The summed E-state index contributed by atoms with van der Waals surface area (Å²) in [6.45, 7) is 5.27. The number of ether oxygens (including phenoxy) is 1. The molecule has 7 heteroatoms. The highest BCUT2D eigenvalue weighted by Crippen LogP contribution is 2.34. The van der Waals surface area contributed by atoms with Crippen LogP contribution in [0.1, 0.15) is 42.6 Å². The zero-order valence-electron chi connectivity index (χ0n) is 15.0. The molecule has 3 rings (SSSR count). The molecule has 7 nitrogen and oxygen atoms in total. The molecule has 1 heterocycles. The van der Waals surface area contributed by atoms with Gasteiger partial charge in [-0.15, -0.1) is 0 Å². The minimum atomic E-state index is -0.611. The fraction of sp³-hybridized carbons (Fsp3) is 0.200. The number of nitro benzene ring substituents is 1. The van der Waals surface area contributed by atoms with Crippen molar-refractivity contribution in [2.45, 2.75) is 26.7 Å². The van der Waals surface area contributed by atoms with Crippen LogP contribution >= 0.6 is 0 Å². The zero-order valence-corrected chi connectivity index (χ0v) is 15.0. The van der Waals surface area contributed by atoms with Crippen molar-refractivity contribution >= 4 is 22.4 Å². The average molecular weight is 367 g/mol. The van der Waals surface area contributed by atoms with Gasteiger partial charge in [-0.2, -0.15) is 0 Å². The van der Waals surface area contributed by atoms with Gasteiger partial charge in [0.25, 0.3) is 0 Å². The van der Waals surface area contributed by atoms with E-state index in [1.807, 2.05) is 13.8 Å². The Labute approximate surface area is 154 Å². The van der Waals surface area contributed by atoms with E-state index in [2.05, 4.69) is 0 Å². The predicted molar refractivity (Wildman–Crippen MR) is 99.7 cm³/mol. The lowest BCUT2D eigenvalue weighted by atomic mass is 10.00. The molecule has 0 aliphatic heterocycles. The first kappa shape index (κ1) is 18.3. The number of rotatable bonds is 5. The van der Waals surface area contributed by atoms with Crippen molar-refractivity contribution in [2.75, 3.05) is 0 Å². The lowest BCUT2D eigenvalue weighted by Gasteiger charge is -2.11. The number of Topliss-reactive ketones (excluding diaryl/α,β-unsaturated/α-hetero) is 1. The summed E-state index contributed by atoms with van der Waals surface area (Å²) in [4.78, 5) is 34.0. The topological polar surface area (TPSA) is 99.7 Å². The first-order valence-corrected chi connectivity index (χ1v) is 8.31. The quantitative estimate of drug-likeness (QED) is 0.277. The van der Waals surface area contributed by atoms with Gasteiger partial charge in [-0.1, -0.05) is 13.8 Å². The van der Waals surface area contributed by atoms with Crippen molar-refractivity contribution in [1.82, 2.24) is 0 Å². The Kier molecular flexibility index (Phi) is 4.77. The van der Waals surface area contributed by atoms with E-state index in [1.54, 1.807) is 12.1 Å². The van der Waals surface area contributed by atoms with Gasteiger partial charge in [0, 0.05) is 29.1 Å². The Morgan fingerprint density at radius 3 is 2.52 bits per heavy atom. The number of benzene rings is 2. The predicted octanol–water partition coefficient (Wildman–Crippen LogP) is 4.82. The number of nitro groups is 1. The largest absolute Gasteiger partial charge is 0.450 e. The van der Waals surface area contributed by atoms with E-state index >= 15 is 0 Å². The highest BCUT2D eigenvalue weighted by molar-refractivity contribution is 5.95. The molecular weight excluding hydrogens is 350 g/mol. The van der Waals surface area contributed by atoms with Crippen molar-refractivity contribution in [3.63, 3.8) is 0 Å². The highest BCUT2D eigenvalue weighted by atomic mass is 16.6. The van der Waals surface area contributed by atoms with Crippen molar-refractivity contribution in [1.29, 1.82) is 0 Å². The second-order valence-corrected chi connectivity index (χ2v) is 6.43. The molecule has 0 spiro atoms. The van der Waals surface area contributed by atoms with Crippen LogP contribution in [0, 0.1) is 10.1 Å². The summed E-state index contributed by atoms with van der Waals surface area (Å²) in [5.41, 5.74) is 0.622. The normalized spacial score (nSPS) is 11.0. The summed E-state index contributed by atoms with van der Waals surface area (Å²) >= 11 is 0. The lowest BCUT2D eigenvalue weighted by Crippen LogP contribution is -2.02. The van der Waals surface area contributed by atoms with Gasteiger partial charge in [0.15, 0.2) is 5.78 Å². The third-order valence-electron chi connectivity index (χ3n) is 4.16. The molecule has 0 atom stereocenters. The molecule has 0 aliphatic carbocycles. The van der Waals surface area contributed by atoms with Gasteiger partial charge < -0.3 is 9.15 Å². The molecule has 0 amide bonds. The van der Waals surface area contributed by atoms with Gasteiger partial charge in [0.2, 0.25) is 5.75 Å². The molecular formula is C20H17NO6. The number of carbonyl (C=O) groups is 1. The highest BCUT2D eigenvalue weighted by Gasteiger charge is 2.19. The van der Waals surface area contributed by atoms with Crippen LogP contribution in [0.2, 0.25) is 0 Å². The third kappa shape index (κ3) is 3.72. The number of hydrogen-bond acceptors (Lipinski definition) is 6. The van der Waals surface area contributed by atoms with Gasteiger partial charge >= 0.3 is 11.3 Å². The van der Waals surface area contributed by atoms with Gasteiger partial charge in [-0.05, 0) is 42.7 Å². The molecule has 27 heavy (non-hydrogen) atoms. The van der Waals surface area contributed by atoms with Gasteiger partial charge in [-0.25, -0.2) is 4.79 Å². The van der Waals surface area contributed by atoms with Crippen LogP contribution in [-0.2, 0) is 0 Å². The fourth-order valence-electron chi connectivity index (χ4n) is 2.80. The smallest absolute Gasteiger partial charge is 0.336 e. The number of carbonyl (C=O) groups excluding carboxylic acids is 1. The Morgan fingerprint density at radius 2 is 1.89 bits per heavy atom. The zero-order chi connectivity index (χ0) is 19.7. The summed E-state index contributed by atoms with van der Waals surface area (Å²) in [6, 6.07) is 10.4. The Balaban J connectivity index is 2.06. The van der Waals surface area contributed by atoms with Crippen LogP contribution in [0.15, 0.2) is 51.7 Å². The summed E-state index contributed by atoms with van der Waals surface area (Å²) in [7, 11) is 0. The molecule has 0 bridgehead atoms. The van der Waals surface area contributed by atoms with E-state index in [0.29, 0.717) is 5.58 Å². The minimum Gasteiger partial charge on any atom is -0.450 e. The number of fused-ring (bicyclic) bond motifs is 1. The molecule has 0 aliphatic rings. The minimum absolute atomic E-state index is 0.00767. The number of nitrogens with zero attached hydrogens (tertiary/aromatic N) is 1. The Hall–Kier alpha value is -3.48. The van der Waals surface area contributed by atoms with Crippen LogP contribution in [0.5, 0.6) is 11.5 Å². The summed E-state index contributed by atoms with van der Waals surface area (Å²) in [6.07, 6.45) is 0. The van der Waals surface area contributed by atoms with Crippen molar-refractivity contribution in [3.8, 4) is 11.5 Å². The number of ketones is 1. The summed E-state index contributed by atoms with van der Waals surface area (Å²) < 4.78 is 10.9.